The lowest BCUT2D eigenvalue weighted by molar-refractivity contribution is 0.111. The maximum atomic E-state index is 11.6. The molecule has 6 nitrogen and oxygen atoms in total. The molecule has 0 aromatic heterocycles. The minimum absolute atomic E-state index is 0.263. The zero-order valence-corrected chi connectivity index (χ0v) is 10.7. The number of aryl methyl sites for hydroxylation is 1. The Labute approximate surface area is 111 Å². The third-order valence-corrected chi connectivity index (χ3v) is 2.96. The Morgan fingerprint density at radius 1 is 1.32 bits per heavy atom. The van der Waals surface area contributed by atoms with Crippen molar-refractivity contribution in [2.75, 3.05) is 18.2 Å². The number of hydrogen-bond acceptors (Lipinski definition) is 4. The van der Waals surface area contributed by atoms with Gasteiger partial charge < -0.3 is 9.64 Å². The molecule has 1 aromatic carbocycles. The van der Waals surface area contributed by atoms with Crippen LogP contribution < -0.4 is 5.06 Å². The first-order valence-electron chi connectivity index (χ1n) is 6.14. The van der Waals surface area contributed by atoms with E-state index in [9.17, 15) is 14.8 Å². The molecule has 0 atom stereocenters. The molecule has 0 radical (unpaired) electrons. The molecule has 1 fully saturated rings. The van der Waals surface area contributed by atoms with Gasteiger partial charge in [-0.15, -0.1) is 0 Å². The standard InChI is InChI=1S/C13H16N2O4/c1-10-5-4-6-11(9-10)15(18)13(17)19-12(16)14-7-2-3-8-14/h4-6,9,18H,2-3,7-8H2,1H3. The molecule has 0 saturated carbocycles. The van der Waals surface area contributed by atoms with Crippen LogP contribution in [0.3, 0.4) is 0 Å². The zero-order valence-electron chi connectivity index (χ0n) is 10.7. The molecule has 0 bridgehead atoms. The highest BCUT2D eigenvalue weighted by atomic mass is 16.7. The third kappa shape index (κ3) is 3.23. The summed E-state index contributed by atoms with van der Waals surface area (Å²) >= 11 is 0. The van der Waals surface area contributed by atoms with Gasteiger partial charge in [0.1, 0.15) is 0 Å². The van der Waals surface area contributed by atoms with E-state index in [-0.39, 0.29) is 5.69 Å². The summed E-state index contributed by atoms with van der Waals surface area (Å²) in [5, 5.41) is 10.0. The number of likely N-dealkylation sites (tertiary alicyclic amines) is 1. The molecule has 102 valence electrons. The van der Waals surface area contributed by atoms with E-state index in [4.69, 9.17) is 0 Å². The van der Waals surface area contributed by atoms with Gasteiger partial charge in [-0.1, -0.05) is 12.1 Å². The van der Waals surface area contributed by atoms with Gasteiger partial charge in [-0.05, 0) is 37.5 Å². The zero-order chi connectivity index (χ0) is 13.8. The maximum Gasteiger partial charge on any atom is 0.447 e. The molecule has 0 aliphatic carbocycles. The SMILES string of the molecule is Cc1cccc(N(O)C(=O)OC(=O)N2CCCC2)c1. The molecule has 19 heavy (non-hydrogen) atoms. The van der Waals surface area contributed by atoms with Gasteiger partial charge in [-0.25, -0.2) is 9.59 Å². The van der Waals surface area contributed by atoms with Crippen molar-refractivity contribution in [1.82, 2.24) is 4.90 Å². The second-order valence-corrected chi connectivity index (χ2v) is 4.48. The van der Waals surface area contributed by atoms with E-state index in [1.807, 2.05) is 13.0 Å². The van der Waals surface area contributed by atoms with Gasteiger partial charge in [0, 0.05) is 13.1 Å². The van der Waals surface area contributed by atoms with Gasteiger partial charge in [-0.2, -0.15) is 5.06 Å². The number of amides is 2. The monoisotopic (exact) mass is 264 g/mol. The lowest BCUT2D eigenvalue weighted by atomic mass is 10.2. The van der Waals surface area contributed by atoms with Gasteiger partial charge in [0.25, 0.3) is 0 Å². The minimum atomic E-state index is -1.09. The van der Waals surface area contributed by atoms with Crippen molar-refractivity contribution in [3.63, 3.8) is 0 Å². The number of carbonyl (C=O) groups is 2. The van der Waals surface area contributed by atoms with Crippen LogP contribution in [0.25, 0.3) is 0 Å². The van der Waals surface area contributed by atoms with Gasteiger partial charge >= 0.3 is 12.2 Å². The Balaban J connectivity index is 1.97. The van der Waals surface area contributed by atoms with Crippen molar-refractivity contribution in [3.8, 4) is 0 Å². The van der Waals surface area contributed by atoms with Gasteiger partial charge in [0.05, 0.1) is 5.69 Å². The van der Waals surface area contributed by atoms with Crippen LogP contribution in [0.5, 0.6) is 0 Å². The fraction of sp³-hybridized carbons (Fsp3) is 0.385. The van der Waals surface area contributed by atoms with Crippen molar-refractivity contribution >= 4 is 17.9 Å². The van der Waals surface area contributed by atoms with Crippen molar-refractivity contribution in [1.29, 1.82) is 0 Å². The molecule has 2 amide bonds. The number of anilines is 1. The second kappa shape index (κ2) is 5.71. The van der Waals surface area contributed by atoms with E-state index in [0.717, 1.165) is 18.4 Å². The van der Waals surface area contributed by atoms with Crippen LogP contribution in [0, 0.1) is 6.92 Å². The van der Waals surface area contributed by atoms with Gasteiger partial charge in [0.2, 0.25) is 0 Å². The average Bonchev–Trinajstić information content (AvgIpc) is 2.91. The molecule has 1 saturated heterocycles. The first kappa shape index (κ1) is 13.4. The molecular weight excluding hydrogens is 248 g/mol. The Morgan fingerprint density at radius 3 is 2.63 bits per heavy atom. The number of rotatable bonds is 1. The van der Waals surface area contributed by atoms with Crippen LogP contribution >= 0.6 is 0 Å². The largest absolute Gasteiger partial charge is 0.447 e. The fourth-order valence-corrected chi connectivity index (χ4v) is 1.95. The van der Waals surface area contributed by atoms with Crippen LogP contribution in [0.2, 0.25) is 0 Å². The highest BCUT2D eigenvalue weighted by Crippen LogP contribution is 2.16. The van der Waals surface area contributed by atoms with E-state index >= 15 is 0 Å². The van der Waals surface area contributed by atoms with E-state index in [1.165, 1.54) is 4.90 Å². The molecule has 1 aliphatic heterocycles. The molecule has 1 aromatic rings. The maximum absolute atomic E-state index is 11.6. The van der Waals surface area contributed by atoms with E-state index in [1.54, 1.807) is 18.2 Å². The minimum Gasteiger partial charge on any atom is -0.357 e. The molecule has 1 N–H and O–H groups in total. The first-order chi connectivity index (χ1) is 9.08. The van der Waals surface area contributed by atoms with Crippen LogP contribution in [0.1, 0.15) is 18.4 Å². The van der Waals surface area contributed by atoms with Gasteiger partial charge in [0.15, 0.2) is 0 Å². The fourth-order valence-electron chi connectivity index (χ4n) is 1.95. The first-order valence-corrected chi connectivity index (χ1v) is 6.14. The summed E-state index contributed by atoms with van der Waals surface area (Å²) in [4.78, 5) is 24.7. The summed E-state index contributed by atoms with van der Waals surface area (Å²) in [5.74, 6) is 0. The molecular formula is C13H16N2O4. The molecule has 0 unspecified atom stereocenters. The Morgan fingerprint density at radius 2 is 2.00 bits per heavy atom. The smallest absolute Gasteiger partial charge is 0.357 e. The topological polar surface area (TPSA) is 70.1 Å². The summed E-state index contributed by atoms with van der Waals surface area (Å²) in [5.41, 5.74) is 1.15. The van der Waals surface area contributed by atoms with E-state index in [2.05, 4.69) is 4.74 Å². The average molecular weight is 264 g/mol. The van der Waals surface area contributed by atoms with Crippen molar-refractivity contribution in [3.05, 3.63) is 29.8 Å². The second-order valence-electron chi connectivity index (χ2n) is 4.48. The molecule has 6 heteroatoms. The molecule has 2 rings (SSSR count). The van der Waals surface area contributed by atoms with Crippen LogP contribution in [-0.4, -0.2) is 35.4 Å². The summed E-state index contributed by atoms with van der Waals surface area (Å²) in [6.07, 6.45) is 0.00490. The quantitative estimate of drug-likeness (QED) is 0.480. The van der Waals surface area contributed by atoms with Crippen molar-refractivity contribution in [2.45, 2.75) is 19.8 Å². The lowest BCUT2D eigenvalue weighted by Crippen LogP contribution is -2.36. The molecule has 0 spiro atoms. The van der Waals surface area contributed by atoms with Crippen LogP contribution in [-0.2, 0) is 4.74 Å². The van der Waals surface area contributed by atoms with Crippen LogP contribution in [0.15, 0.2) is 24.3 Å². The number of nitrogens with zero attached hydrogens (tertiary/aromatic N) is 2. The highest BCUT2D eigenvalue weighted by molar-refractivity contribution is 5.92. The molecule has 1 aliphatic rings. The summed E-state index contributed by atoms with van der Waals surface area (Å²) < 4.78 is 4.61. The Bertz CT molecular complexity index is 483. The number of hydroxylamine groups is 1. The number of ether oxygens (including phenoxy) is 1. The van der Waals surface area contributed by atoms with E-state index in [0.29, 0.717) is 18.2 Å². The Hall–Kier alpha value is -2.08. The number of carbonyl (C=O) groups excluding carboxylic acids is 2. The number of hydrogen-bond donors (Lipinski definition) is 1. The summed E-state index contributed by atoms with van der Waals surface area (Å²) in [6.45, 7) is 3.00. The van der Waals surface area contributed by atoms with Crippen molar-refractivity contribution in [2.24, 2.45) is 0 Å². The summed E-state index contributed by atoms with van der Waals surface area (Å²) in [6, 6.07) is 6.69. The third-order valence-electron chi connectivity index (χ3n) is 2.96. The predicted molar refractivity (Wildman–Crippen MR) is 68.1 cm³/mol. The van der Waals surface area contributed by atoms with Crippen molar-refractivity contribution < 1.29 is 19.5 Å². The predicted octanol–water partition coefficient (Wildman–Crippen LogP) is 2.54. The number of benzene rings is 1. The van der Waals surface area contributed by atoms with Gasteiger partial charge in [-0.3, -0.25) is 5.21 Å². The summed E-state index contributed by atoms with van der Waals surface area (Å²) in [7, 11) is 0. The Kier molecular flexibility index (Phi) is 4.01. The normalized spacial score (nSPS) is 14.3. The van der Waals surface area contributed by atoms with E-state index < -0.39 is 12.2 Å². The highest BCUT2D eigenvalue weighted by Gasteiger charge is 2.25. The lowest BCUT2D eigenvalue weighted by Gasteiger charge is -2.18. The van der Waals surface area contributed by atoms with Crippen LogP contribution in [0.4, 0.5) is 15.3 Å². The molecule has 1 heterocycles.